The Hall–Kier alpha value is -3.43. The zero-order valence-corrected chi connectivity index (χ0v) is 20.2. The fraction of sp³-hybridized carbons (Fsp3) is 0.455. The van der Waals surface area contributed by atoms with Crippen LogP contribution in [-0.2, 0) is 19.3 Å². The summed E-state index contributed by atoms with van der Waals surface area (Å²) in [6.07, 6.45) is 1.19. The number of imidazole rings is 1. The Balaban J connectivity index is 1.81. The van der Waals surface area contributed by atoms with E-state index in [2.05, 4.69) is 21.3 Å². The van der Waals surface area contributed by atoms with Crippen molar-refractivity contribution < 1.29 is 17.9 Å². The van der Waals surface area contributed by atoms with E-state index in [4.69, 9.17) is 19.4 Å². The average Bonchev–Trinajstić information content (AvgIpc) is 3.20. The van der Waals surface area contributed by atoms with E-state index in [0.717, 1.165) is 0 Å². The lowest BCUT2D eigenvalue weighted by Crippen LogP contribution is -2.52. The van der Waals surface area contributed by atoms with Gasteiger partial charge in [-0.25, -0.2) is 23.0 Å². The Morgan fingerprint density at radius 2 is 2.03 bits per heavy atom. The summed E-state index contributed by atoms with van der Waals surface area (Å²) in [6.45, 7) is 5.23. The van der Waals surface area contributed by atoms with E-state index in [-0.39, 0.29) is 17.7 Å². The molecule has 0 spiro atoms. The van der Waals surface area contributed by atoms with Crippen molar-refractivity contribution >= 4 is 32.6 Å². The van der Waals surface area contributed by atoms with Crippen LogP contribution in [0.25, 0.3) is 17.0 Å². The van der Waals surface area contributed by atoms with E-state index in [9.17, 15) is 13.7 Å². The number of aromatic nitrogens is 4. The van der Waals surface area contributed by atoms with Gasteiger partial charge in [-0.2, -0.15) is 10.2 Å². The molecule has 178 valence electrons. The number of nitriles is 1. The van der Waals surface area contributed by atoms with Crippen LogP contribution in [0.15, 0.2) is 18.2 Å². The van der Waals surface area contributed by atoms with Crippen LogP contribution in [0.3, 0.4) is 0 Å². The van der Waals surface area contributed by atoms with Gasteiger partial charge in [-0.3, -0.25) is 0 Å². The summed E-state index contributed by atoms with van der Waals surface area (Å²) in [5, 5.41) is 12.3. The van der Waals surface area contributed by atoms with Gasteiger partial charge in [0.05, 0.1) is 41.9 Å². The van der Waals surface area contributed by atoms with Crippen molar-refractivity contribution in [1.82, 2.24) is 19.5 Å². The van der Waals surface area contributed by atoms with Crippen LogP contribution in [0.1, 0.15) is 25.1 Å². The number of benzene rings is 1. The Labute approximate surface area is 197 Å². The van der Waals surface area contributed by atoms with Gasteiger partial charge in [-0.05, 0) is 32.0 Å². The van der Waals surface area contributed by atoms with Crippen molar-refractivity contribution in [3.8, 4) is 17.8 Å². The third kappa shape index (κ3) is 3.35. The maximum Gasteiger partial charge on any atom is 0.239 e. The maximum atomic E-state index is 12.8. The molecule has 0 saturated carbocycles. The molecule has 2 aliphatic rings. The fourth-order valence-electron chi connectivity index (χ4n) is 4.21. The second-order valence-corrected chi connectivity index (χ2v) is 11.4. The van der Waals surface area contributed by atoms with Crippen LogP contribution >= 0.6 is 0 Å². The summed E-state index contributed by atoms with van der Waals surface area (Å²) in [5.41, 5.74) is 2.04. The summed E-state index contributed by atoms with van der Waals surface area (Å²) < 4.78 is 37.7. The highest BCUT2D eigenvalue weighted by Gasteiger charge is 2.42. The van der Waals surface area contributed by atoms with Gasteiger partial charge in [0.15, 0.2) is 21.4 Å². The van der Waals surface area contributed by atoms with E-state index in [1.807, 2.05) is 0 Å². The summed E-state index contributed by atoms with van der Waals surface area (Å²) in [7, 11) is -1.84. The highest BCUT2D eigenvalue weighted by atomic mass is 32.2. The van der Waals surface area contributed by atoms with Gasteiger partial charge in [-0.1, -0.05) is 0 Å². The molecule has 4 heterocycles. The Kier molecular flexibility index (Phi) is 5.14. The van der Waals surface area contributed by atoms with Crippen molar-refractivity contribution in [2.45, 2.75) is 24.6 Å². The zero-order valence-electron chi connectivity index (χ0n) is 19.4. The number of fused-ring (bicyclic) bond motifs is 4. The average molecular weight is 484 g/mol. The molecule has 1 atom stereocenters. The maximum absolute atomic E-state index is 12.8. The smallest absolute Gasteiger partial charge is 0.239 e. The predicted octanol–water partition coefficient (Wildman–Crippen LogP) is 1.61. The van der Waals surface area contributed by atoms with Crippen LogP contribution in [-0.4, -0.2) is 73.6 Å². The molecule has 0 aliphatic carbocycles. The molecule has 2 aliphatic heterocycles. The van der Waals surface area contributed by atoms with Gasteiger partial charge in [0.1, 0.15) is 17.0 Å². The Bertz CT molecular complexity index is 1440. The van der Waals surface area contributed by atoms with E-state index in [0.29, 0.717) is 60.5 Å². The molecular formula is C22H25N7O4S. The van der Waals surface area contributed by atoms with Crippen LogP contribution in [0, 0.1) is 11.3 Å². The minimum Gasteiger partial charge on any atom is -0.486 e. The number of sulfone groups is 1. The summed E-state index contributed by atoms with van der Waals surface area (Å²) in [6, 6.07) is 7.25. The third-order valence-corrected chi connectivity index (χ3v) is 8.51. The van der Waals surface area contributed by atoms with E-state index < -0.39 is 14.6 Å². The van der Waals surface area contributed by atoms with Crippen LogP contribution in [0.4, 0.5) is 11.8 Å². The summed E-state index contributed by atoms with van der Waals surface area (Å²) in [4.78, 5) is 16.3. The van der Waals surface area contributed by atoms with Gasteiger partial charge in [0.2, 0.25) is 11.9 Å². The van der Waals surface area contributed by atoms with Gasteiger partial charge < -0.3 is 19.7 Å². The number of nitrogens with one attached hydrogen (secondary N) is 1. The standard InChI is InChI=1S/C22H25N7O4S/c1-22(2,34(4,30)31)18-17-19(28-7-8-32-11-14(28)12-33-17)27-21(26-18)29-16-6-5-13(10-23)9-15(16)25-20(29)24-3/h5-6,9,14H,7-8,11-12H2,1-4H3,(H,24,25)/t14-/m0/s1. The Morgan fingerprint density at radius 1 is 1.24 bits per heavy atom. The molecule has 0 amide bonds. The Morgan fingerprint density at radius 3 is 2.74 bits per heavy atom. The number of rotatable bonds is 4. The number of ether oxygens (including phenoxy) is 2. The molecule has 12 heteroatoms. The molecule has 2 aromatic heterocycles. The second-order valence-electron chi connectivity index (χ2n) is 8.88. The molecule has 1 saturated heterocycles. The summed E-state index contributed by atoms with van der Waals surface area (Å²) in [5.74, 6) is 1.63. The molecule has 5 rings (SSSR count). The van der Waals surface area contributed by atoms with E-state index >= 15 is 0 Å². The van der Waals surface area contributed by atoms with Gasteiger partial charge in [0.25, 0.3) is 0 Å². The first kappa shape index (κ1) is 22.4. The molecule has 34 heavy (non-hydrogen) atoms. The first-order chi connectivity index (χ1) is 16.2. The highest BCUT2D eigenvalue weighted by Crippen LogP contribution is 2.43. The van der Waals surface area contributed by atoms with Crippen molar-refractivity contribution in [2.75, 3.05) is 49.9 Å². The minimum absolute atomic E-state index is 0.0281. The fourth-order valence-corrected chi connectivity index (χ4v) is 4.70. The number of anilines is 2. The predicted molar refractivity (Wildman–Crippen MR) is 126 cm³/mol. The number of morpholine rings is 1. The van der Waals surface area contributed by atoms with E-state index in [1.54, 1.807) is 43.7 Å². The lowest BCUT2D eigenvalue weighted by atomic mass is 10.1. The normalized spacial score (nSPS) is 18.1. The van der Waals surface area contributed by atoms with Gasteiger partial charge in [-0.15, -0.1) is 0 Å². The van der Waals surface area contributed by atoms with Crippen LogP contribution in [0.2, 0.25) is 0 Å². The number of nitrogens with zero attached hydrogens (tertiary/aromatic N) is 6. The molecule has 0 radical (unpaired) electrons. The monoisotopic (exact) mass is 483 g/mol. The quantitative estimate of drug-likeness (QED) is 0.583. The molecule has 0 bridgehead atoms. The van der Waals surface area contributed by atoms with E-state index in [1.165, 1.54) is 6.26 Å². The van der Waals surface area contributed by atoms with Gasteiger partial charge >= 0.3 is 0 Å². The first-order valence-corrected chi connectivity index (χ1v) is 12.7. The van der Waals surface area contributed by atoms with Crippen LogP contribution < -0.4 is 15.0 Å². The topological polar surface area (TPSA) is 135 Å². The molecule has 1 fully saturated rings. The molecule has 11 nitrogen and oxygen atoms in total. The van der Waals surface area contributed by atoms with Crippen molar-refractivity contribution in [1.29, 1.82) is 5.26 Å². The lowest BCUT2D eigenvalue weighted by Gasteiger charge is -2.41. The number of hydrogen-bond acceptors (Lipinski definition) is 10. The molecule has 0 unspecified atom stereocenters. The van der Waals surface area contributed by atoms with Crippen LogP contribution in [0.5, 0.6) is 5.75 Å². The van der Waals surface area contributed by atoms with Gasteiger partial charge in [0, 0.05) is 19.8 Å². The second kappa shape index (κ2) is 7.82. The molecule has 3 aromatic rings. The summed E-state index contributed by atoms with van der Waals surface area (Å²) >= 11 is 0. The minimum atomic E-state index is -3.56. The van der Waals surface area contributed by atoms with Crippen molar-refractivity contribution in [2.24, 2.45) is 0 Å². The zero-order chi connectivity index (χ0) is 24.3. The first-order valence-electron chi connectivity index (χ1n) is 10.9. The van der Waals surface area contributed by atoms with Crippen molar-refractivity contribution in [3.63, 3.8) is 0 Å². The SMILES string of the molecule is CNc1nc2cc(C#N)ccc2n1-c1nc2c(c(C(C)(C)S(C)(=O)=O)n1)OC[C@@H]1COCCN21. The number of hydrogen-bond donors (Lipinski definition) is 1. The third-order valence-electron chi connectivity index (χ3n) is 6.46. The highest BCUT2D eigenvalue weighted by molar-refractivity contribution is 7.91. The molecule has 1 aromatic carbocycles. The molecular weight excluding hydrogens is 458 g/mol. The molecule has 1 N–H and O–H groups in total. The largest absolute Gasteiger partial charge is 0.486 e. The van der Waals surface area contributed by atoms with Crippen molar-refractivity contribution in [3.05, 3.63) is 29.5 Å². The lowest BCUT2D eigenvalue weighted by molar-refractivity contribution is 0.0691.